The molecule has 0 saturated heterocycles. The maximum atomic E-state index is 12.8. The Labute approximate surface area is 181 Å². The van der Waals surface area contributed by atoms with E-state index in [1.165, 1.54) is 17.1 Å². The van der Waals surface area contributed by atoms with E-state index in [0.717, 1.165) is 11.3 Å². The van der Waals surface area contributed by atoms with Crippen molar-refractivity contribution < 1.29 is 14.6 Å². The maximum Gasteiger partial charge on any atom is 0.338 e. The number of hydrogen-bond acceptors (Lipinski definition) is 5. The monoisotopic (exact) mass is 427 g/mol. The van der Waals surface area contributed by atoms with E-state index in [1.807, 2.05) is 54.6 Å². The van der Waals surface area contributed by atoms with Gasteiger partial charge in [-0.2, -0.15) is 5.10 Å². The third kappa shape index (κ3) is 3.74. The number of nitrogens with zero attached hydrogens (tertiary/aromatic N) is 4. The zero-order chi connectivity index (χ0) is 22.1. The van der Waals surface area contributed by atoms with E-state index in [0.29, 0.717) is 23.3 Å². The first-order chi connectivity index (χ1) is 15.6. The van der Waals surface area contributed by atoms with Gasteiger partial charge in [-0.25, -0.2) is 14.5 Å². The van der Waals surface area contributed by atoms with Crippen LogP contribution < -0.4 is 10.3 Å². The fraction of sp³-hybridized carbons (Fsp3) is 0.0435. The largest absolute Gasteiger partial charge is 0.478 e. The van der Waals surface area contributed by atoms with E-state index in [2.05, 4.69) is 15.1 Å². The zero-order valence-corrected chi connectivity index (χ0v) is 16.7. The molecule has 0 spiro atoms. The number of carboxylic acid groups (broad SMARTS) is 1. The van der Waals surface area contributed by atoms with Crippen LogP contribution in [0.15, 0.2) is 84.0 Å². The first kappa shape index (κ1) is 19.3. The summed E-state index contributed by atoms with van der Waals surface area (Å²) in [5, 5.41) is 13.0. The van der Waals surface area contributed by atoms with Gasteiger partial charge < -0.3 is 14.4 Å². The Morgan fingerprint density at radius 2 is 1.88 bits per heavy atom. The van der Waals surface area contributed by atoms with Crippen LogP contribution in [0.5, 0.6) is 11.5 Å². The average molecular weight is 427 g/mol. The van der Waals surface area contributed by atoms with Crippen molar-refractivity contribution in [2.45, 2.75) is 6.54 Å². The van der Waals surface area contributed by atoms with Gasteiger partial charge in [-0.1, -0.05) is 30.3 Å². The van der Waals surface area contributed by atoms with E-state index < -0.39 is 5.97 Å². The van der Waals surface area contributed by atoms with E-state index in [4.69, 9.17) is 9.84 Å². The number of nitrogens with one attached hydrogen (secondary N) is 1. The second-order valence-electron chi connectivity index (χ2n) is 7.11. The summed E-state index contributed by atoms with van der Waals surface area (Å²) in [6, 6.07) is 18.9. The topological polar surface area (TPSA) is 115 Å². The van der Waals surface area contributed by atoms with Crippen molar-refractivity contribution in [3.8, 4) is 17.4 Å². The van der Waals surface area contributed by atoms with E-state index in [1.54, 1.807) is 16.8 Å². The molecule has 2 N–H and O–H groups in total. The molecule has 0 aliphatic carbocycles. The van der Waals surface area contributed by atoms with Crippen LogP contribution in [0.4, 0.5) is 0 Å². The third-order valence-electron chi connectivity index (χ3n) is 4.89. The third-order valence-corrected chi connectivity index (χ3v) is 4.89. The molecule has 0 amide bonds. The lowest BCUT2D eigenvalue weighted by Gasteiger charge is -2.09. The van der Waals surface area contributed by atoms with Crippen molar-refractivity contribution >= 4 is 17.0 Å². The van der Waals surface area contributed by atoms with Crippen LogP contribution >= 0.6 is 0 Å². The van der Waals surface area contributed by atoms with Gasteiger partial charge >= 0.3 is 5.97 Å². The van der Waals surface area contributed by atoms with Crippen molar-refractivity contribution in [3.05, 3.63) is 101 Å². The molecular formula is C23H17N5O4. The minimum Gasteiger partial charge on any atom is -0.478 e. The number of aromatic amines is 1. The van der Waals surface area contributed by atoms with Gasteiger partial charge in [0.05, 0.1) is 17.3 Å². The standard InChI is InChI=1S/C23H17N5O4/c29-21-20-19(25-23(26-21)28-14-16(12-24-28)22(30)31)9-10-27(20)13-15-5-4-8-18(11-15)32-17-6-2-1-3-7-17/h1-12,14H,13H2,(H,30,31)(H,25,26,29). The Hall–Kier alpha value is -4.66. The van der Waals surface area contributed by atoms with Crippen LogP contribution in [0.25, 0.3) is 17.0 Å². The Balaban J connectivity index is 1.43. The van der Waals surface area contributed by atoms with Crippen LogP contribution in [-0.2, 0) is 6.54 Å². The summed E-state index contributed by atoms with van der Waals surface area (Å²) in [6.07, 6.45) is 4.27. The van der Waals surface area contributed by atoms with Gasteiger partial charge in [-0.05, 0) is 35.9 Å². The Morgan fingerprint density at radius 3 is 2.66 bits per heavy atom. The van der Waals surface area contributed by atoms with Gasteiger partial charge in [0, 0.05) is 18.9 Å². The summed E-state index contributed by atoms with van der Waals surface area (Å²) in [5.74, 6) is 0.483. The lowest BCUT2D eigenvalue weighted by molar-refractivity contribution is 0.0697. The van der Waals surface area contributed by atoms with Gasteiger partial charge in [-0.15, -0.1) is 0 Å². The first-order valence-corrected chi connectivity index (χ1v) is 9.76. The number of benzene rings is 2. The Kier molecular flexibility index (Phi) is 4.75. The molecule has 0 aliphatic rings. The minimum absolute atomic E-state index is 0.00270. The molecule has 0 aliphatic heterocycles. The molecule has 0 radical (unpaired) electrons. The molecule has 0 bridgehead atoms. The molecule has 158 valence electrons. The highest BCUT2D eigenvalue weighted by molar-refractivity contribution is 5.87. The molecule has 2 aromatic carbocycles. The van der Waals surface area contributed by atoms with Crippen molar-refractivity contribution in [1.82, 2.24) is 24.3 Å². The minimum atomic E-state index is -1.11. The summed E-state index contributed by atoms with van der Waals surface area (Å²) in [5.41, 5.74) is 1.50. The lowest BCUT2D eigenvalue weighted by Crippen LogP contribution is -2.16. The lowest BCUT2D eigenvalue weighted by atomic mass is 10.2. The summed E-state index contributed by atoms with van der Waals surface area (Å²) in [4.78, 5) is 31.0. The number of rotatable bonds is 6. The number of para-hydroxylation sites is 1. The summed E-state index contributed by atoms with van der Waals surface area (Å²) < 4.78 is 8.92. The predicted molar refractivity (Wildman–Crippen MR) is 116 cm³/mol. The maximum absolute atomic E-state index is 12.8. The summed E-state index contributed by atoms with van der Waals surface area (Å²) >= 11 is 0. The number of carbonyl (C=O) groups is 1. The molecule has 3 aromatic heterocycles. The molecule has 5 aromatic rings. The van der Waals surface area contributed by atoms with Gasteiger partial charge in [-0.3, -0.25) is 9.78 Å². The van der Waals surface area contributed by atoms with Gasteiger partial charge in [0.2, 0.25) is 5.95 Å². The number of carboxylic acids is 1. The molecule has 32 heavy (non-hydrogen) atoms. The van der Waals surface area contributed by atoms with Crippen LogP contribution in [0.3, 0.4) is 0 Å². The highest BCUT2D eigenvalue weighted by Crippen LogP contribution is 2.23. The average Bonchev–Trinajstić information content (AvgIpc) is 3.43. The number of H-pyrrole nitrogens is 1. The van der Waals surface area contributed by atoms with Crippen LogP contribution in [0, 0.1) is 0 Å². The van der Waals surface area contributed by atoms with Crippen LogP contribution in [0.2, 0.25) is 0 Å². The Morgan fingerprint density at radius 1 is 1.06 bits per heavy atom. The number of ether oxygens (including phenoxy) is 1. The second kappa shape index (κ2) is 7.88. The van der Waals surface area contributed by atoms with Crippen LogP contribution in [0.1, 0.15) is 15.9 Å². The molecule has 9 nitrogen and oxygen atoms in total. The van der Waals surface area contributed by atoms with Gasteiger partial charge in [0.25, 0.3) is 5.56 Å². The molecule has 3 heterocycles. The molecular weight excluding hydrogens is 410 g/mol. The normalized spacial score (nSPS) is 11.0. The smallest absolute Gasteiger partial charge is 0.338 e. The highest BCUT2D eigenvalue weighted by Gasteiger charge is 2.13. The van der Waals surface area contributed by atoms with Crippen molar-refractivity contribution in [2.75, 3.05) is 0 Å². The molecule has 0 unspecified atom stereocenters. The molecule has 5 rings (SSSR count). The molecule has 0 atom stereocenters. The zero-order valence-electron chi connectivity index (χ0n) is 16.7. The first-order valence-electron chi connectivity index (χ1n) is 9.76. The second-order valence-corrected chi connectivity index (χ2v) is 7.11. The molecule has 0 saturated carbocycles. The fourth-order valence-electron chi connectivity index (χ4n) is 3.42. The molecule has 0 fully saturated rings. The van der Waals surface area contributed by atoms with Crippen molar-refractivity contribution in [2.24, 2.45) is 0 Å². The summed E-state index contributed by atoms with van der Waals surface area (Å²) in [6.45, 7) is 0.449. The SMILES string of the molecule is O=C(O)c1cnn(-c2nc3ccn(Cc4cccc(Oc5ccccc5)c4)c3c(=O)[nH]2)c1. The van der Waals surface area contributed by atoms with E-state index in [-0.39, 0.29) is 17.1 Å². The fourth-order valence-corrected chi connectivity index (χ4v) is 3.42. The van der Waals surface area contributed by atoms with E-state index >= 15 is 0 Å². The Bertz CT molecular complexity index is 1480. The number of aromatic nitrogens is 5. The van der Waals surface area contributed by atoms with Gasteiger partial charge in [0.15, 0.2) is 0 Å². The van der Waals surface area contributed by atoms with Gasteiger partial charge in [0.1, 0.15) is 17.0 Å². The van der Waals surface area contributed by atoms with E-state index in [9.17, 15) is 9.59 Å². The number of hydrogen-bond donors (Lipinski definition) is 2. The number of aromatic carboxylic acids is 1. The van der Waals surface area contributed by atoms with Crippen LogP contribution in [-0.4, -0.2) is 35.4 Å². The summed E-state index contributed by atoms with van der Waals surface area (Å²) in [7, 11) is 0. The van der Waals surface area contributed by atoms with Crippen molar-refractivity contribution in [3.63, 3.8) is 0 Å². The number of fused-ring (bicyclic) bond motifs is 1. The molecule has 9 heteroatoms. The highest BCUT2D eigenvalue weighted by atomic mass is 16.5. The quantitative estimate of drug-likeness (QED) is 0.429. The van der Waals surface area contributed by atoms with Crippen molar-refractivity contribution in [1.29, 1.82) is 0 Å². The predicted octanol–water partition coefficient (Wildman–Crippen LogP) is 3.45.